The second-order valence-corrected chi connectivity index (χ2v) is 7.12. The van der Waals surface area contributed by atoms with Crippen molar-refractivity contribution in [3.8, 4) is 0 Å². The SMILES string of the molecule is Cc1ncc(CN(C)C(C)C(=O)Nc2cccc3ncccc23)s1. The summed E-state index contributed by atoms with van der Waals surface area (Å²) < 4.78 is 0. The first kappa shape index (κ1) is 16.5. The lowest BCUT2D eigenvalue weighted by Gasteiger charge is -2.23. The molecule has 3 aromatic rings. The highest BCUT2D eigenvalue weighted by molar-refractivity contribution is 7.11. The van der Waals surface area contributed by atoms with Crippen molar-refractivity contribution in [2.45, 2.75) is 26.4 Å². The van der Waals surface area contributed by atoms with E-state index < -0.39 is 0 Å². The first-order valence-electron chi connectivity index (χ1n) is 7.81. The van der Waals surface area contributed by atoms with Gasteiger partial charge in [0.25, 0.3) is 0 Å². The Morgan fingerprint density at radius 3 is 2.88 bits per heavy atom. The Balaban J connectivity index is 1.71. The van der Waals surface area contributed by atoms with Crippen LogP contribution in [0, 0.1) is 6.92 Å². The van der Waals surface area contributed by atoms with Crippen LogP contribution in [0.15, 0.2) is 42.7 Å². The fourth-order valence-electron chi connectivity index (χ4n) is 2.51. The van der Waals surface area contributed by atoms with Crippen molar-refractivity contribution in [3.05, 3.63) is 52.6 Å². The third kappa shape index (κ3) is 3.60. The van der Waals surface area contributed by atoms with Gasteiger partial charge in [-0.2, -0.15) is 0 Å². The van der Waals surface area contributed by atoms with E-state index in [9.17, 15) is 4.79 Å². The highest BCUT2D eigenvalue weighted by atomic mass is 32.1. The van der Waals surface area contributed by atoms with Crippen molar-refractivity contribution in [3.63, 3.8) is 0 Å². The molecule has 0 saturated heterocycles. The van der Waals surface area contributed by atoms with Crippen molar-refractivity contribution in [2.24, 2.45) is 0 Å². The fourth-order valence-corrected chi connectivity index (χ4v) is 3.37. The summed E-state index contributed by atoms with van der Waals surface area (Å²) in [5, 5.41) is 5.01. The van der Waals surface area contributed by atoms with Crippen molar-refractivity contribution >= 4 is 33.8 Å². The molecule has 1 amide bonds. The zero-order valence-corrected chi connectivity index (χ0v) is 14.8. The number of nitrogens with zero attached hydrogens (tertiary/aromatic N) is 3. The molecule has 1 unspecified atom stereocenters. The number of thiazole rings is 1. The van der Waals surface area contributed by atoms with E-state index in [0.717, 1.165) is 26.5 Å². The summed E-state index contributed by atoms with van der Waals surface area (Å²) in [6.45, 7) is 4.60. The van der Waals surface area contributed by atoms with Gasteiger partial charge in [-0.1, -0.05) is 6.07 Å². The minimum absolute atomic E-state index is 0.0323. The molecular formula is C18H20N4OS. The third-order valence-corrected chi connectivity index (χ3v) is 4.92. The number of aryl methyl sites for hydroxylation is 1. The highest BCUT2D eigenvalue weighted by Gasteiger charge is 2.19. The molecule has 3 rings (SSSR count). The molecule has 0 aliphatic rings. The van der Waals surface area contributed by atoms with Crippen molar-refractivity contribution in [2.75, 3.05) is 12.4 Å². The van der Waals surface area contributed by atoms with Crippen molar-refractivity contribution < 1.29 is 4.79 Å². The summed E-state index contributed by atoms with van der Waals surface area (Å²) in [6.07, 6.45) is 3.62. The molecule has 6 heteroatoms. The van der Waals surface area contributed by atoms with E-state index in [1.54, 1.807) is 17.5 Å². The van der Waals surface area contributed by atoms with Crippen LogP contribution in [0.2, 0.25) is 0 Å². The van der Waals surface area contributed by atoms with E-state index >= 15 is 0 Å². The van der Waals surface area contributed by atoms with Crippen LogP contribution in [0.4, 0.5) is 5.69 Å². The molecule has 0 aliphatic heterocycles. The summed E-state index contributed by atoms with van der Waals surface area (Å²) in [6, 6.07) is 9.33. The normalized spacial score (nSPS) is 12.5. The van der Waals surface area contributed by atoms with Gasteiger partial charge in [0, 0.05) is 29.2 Å². The molecule has 0 saturated carbocycles. The maximum atomic E-state index is 12.6. The first-order chi connectivity index (χ1) is 11.5. The van der Waals surface area contributed by atoms with E-state index in [-0.39, 0.29) is 11.9 Å². The third-order valence-electron chi connectivity index (χ3n) is 4.02. The zero-order chi connectivity index (χ0) is 17.1. The van der Waals surface area contributed by atoms with Crippen LogP contribution in [0.5, 0.6) is 0 Å². The molecule has 0 spiro atoms. The molecule has 2 aromatic heterocycles. The molecule has 5 nitrogen and oxygen atoms in total. The number of amides is 1. The number of benzene rings is 1. The Bertz CT molecular complexity index is 856. The van der Waals surface area contributed by atoms with Crippen LogP contribution in [0.3, 0.4) is 0 Å². The van der Waals surface area contributed by atoms with Gasteiger partial charge in [-0.25, -0.2) is 4.98 Å². The van der Waals surface area contributed by atoms with Gasteiger partial charge in [0.2, 0.25) is 5.91 Å². The number of aromatic nitrogens is 2. The Hall–Kier alpha value is -2.31. The molecule has 0 aliphatic carbocycles. The summed E-state index contributed by atoms with van der Waals surface area (Å²) in [7, 11) is 1.95. The van der Waals surface area contributed by atoms with E-state index in [1.165, 1.54) is 0 Å². The largest absolute Gasteiger partial charge is 0.324 e. The average Bonchev–Trinajstić information content (AvgIpc) is 2.99. The van der Waals surface area contributed by atoms with Gasteiger partial charge in [-0.15, -0.1) is 11.3 Å². The maximum Gasteiger partial charge on any atom is 0.241 e. The lowest BCUT2D eigenvalue weighted by Crippen LogP contribution is -2.39. The lowest BCUT2D eigenvalue weighted by molar-refractivity contribution is -0.120. The predicted octanol–water partition coefficient (Wildman–Crippen LogP) is 3.46. The molecule has 0 fully saturated rings. The number of likely N-dealkylation sites (N-methyl/N-ethyl adjacent to an activating group) is 1. The number of nitrogens with one attached hydrogen (secondary N) is 1. The minimum atomic E-state index is -0.251. The van der Waals surface area contributed by atoms with Gasteiger partial charge in [-0.3, -0.25) is 14.7 Å². The highest BCUT2D eigenvalue weighted by Crippen LogP contribution is 2.22. The number of anilines is 1. The number of hydrogen-bond acceptors (Lipinski definition) is 5. The van der Waals surface area contributed by atoms with Crippen molar-refractivity contribution in [1.29, 1.82) is 0 Å². The number of fused-ring (bicyclic) bond motifs is 1. The quantitative estimate of drug-likeness (QED) is 0.773. The molecule has 1 atom stereocenters. The van der Waals surface area contributed by atoms with Gasteiger partial charge in [0.15, 0.2) is 0 Å². The molecule has 124 valence electrons. The average molecular weight is 340 g/mol. The summed E-state index contributed by atoms with van der Waals surface area (Å²) in [5.74, 6) is -0.0323. The summed E-state index contributed by atoms with van der Waals surface area (Å²) in [5.41, 5.74) is 1.66. The van der Waals surface area contributed by atoms with E-state index in [1.807, 2.05) is 62.3 Å². The van der Waals surface area contributed by atoms with E-state index in [4.69, 9.17) is 0 Å². The van der Waals surface area contributed by atoms with Crippen LogP contribution in [0.25, 0.3) is 10.9 Å². The second-order valence-electron chi connectivity index (χ2n) is 5.80. The maximum absolute atomic E-state index is 12.6. The Morgan fingerprint density at radius 2 is 2.12 bits per heavy atom. The van der Waals surface area contributed by atoms with Gasteiger partial charge in [0.1, 0.15) is 0 Å². The first-order valence-corrected chi connectivity index (χ1v) is 8.62. The standard InChI is InChI=1S/C18H20N4OS/c1-12(22(3)11-14-10-20-13(2)24-14)18(23)21-17-8-4-7-16-15(17)6-5-9-19-16/h4-10,12H,11H2,1-3H3,(H,21,23). The van der Waals surface area contributed by atoms with Gasteiger partial charge < -0.3 is 5.32 Å². The van der Waals surface area contributed by atoms with Gasteiger partial charge in [0.05, 0.1) is 22.3 Å². The van der Waals surface area contributed by atoms with Crippen LogP contribution < -0.4 is 5.32 Å². The monoisotopic (exact) mass is 340 g/mol. The number of carbonyl (C=O) groups excluding carboxylic acids is 1. The summed E-state index contributed by atoms with van der Waals surface area (Å²) in [4.78, 5) is 24.4. The number of pyridine rings is 1. The number of carbonyl (C=O) groups is 1. The van der Waals surface area contributed by atoms with Crippen LogP contribution in [-0.2, 0) is 11.3 Å². The predicted molar refractivity (Wildman–Crippen MR) is 98.2 cm³/mol. The Morgan fingerprint density at radius 1 is 1.29 bits per heavy atom. The van der Waals surface area contributed by atoms with Crippen LogP contribution in [-0.4, -0.2) is 33.9 Å². The fraction of sp³-hybridized carbons (Fsp3) is 0.278. The molecule has 1 N–H and O–H groups in total. The summed E-state index contributed by atoms with van der Waals surface area (Å²) >= 11 is 1.66. The zero-order valence-electron chi connectivity index (χ0n) is 14.0. The molecule has 0 radical (unpaired) electrons. The van der Waals surface area contributed by atoms with Gasteiger partial charge >= 0.3 is 0 Å². The van der Waals surface area contributed by atoms with E-state index in [0.29, 0.717) is 6.54 Å². The molecule has 0 bridgehead atoms. The van der Waals surface area contributed by atoms with Crippen LogP contribution in [0.1, 0.15) is 16.8 Å². The van der Waals surface area contributed by atoms with Crippen LogP contribution >= 0.6 is 11.3 Å². The lowest BCUT2D eigenvalue weighted by atomic mass is 10.1. The smallest absolute Gasteiger partial charge is 0.241 e. The topological polar surface area (TPSA) is 58.1 Å². The van der Waals surface area contributed by atoms with Crippen molar-refractivity contribution in [1.82, 2.24) is 14.9 Å². The molecule has 2 heterocycles. The molecule has 1 aromatic carbocycles. The number of hydrogen-bond donors (Lipinski definition) is 1. The number of rotatable bonds is 5. The second kappa shape index (κ2) is 7.07. The molecular weight excluding hydrogens is 320 g/mol. The van der Waals surface area contributed by atoms with E-state index in [2.05, 4.69) is 15.3 Å². The Labute approximate surface area is 145 Å². The molecule has 24 heavy (non-hydrogen) atoms. The van der Waals surface area contributed by atoms with Gasteiger partial charge in [-0.05, 0) is 45.2 Å². The Kier molecular flexibility index (Phi) is 4.87. The minimum Gasteiger partial charge on any atom is -0.324 e.